The molecule has 19 heteroatoms. The molecular weight excluding hydrogens is 1190 g/mol. The van der Waals surface area contributed by atoms with Gasteiger partial charge in [-0.1, -0.05) is 305 Å². The van der Waals surface area contributed by atoms with Crippen LogP contribution in [-0.4, -0.2) is 96.7 Å². The third kappa shape index (κ3) is 62.2. The first kappa shape index (κ1) is 88.1. The third-order valence-electron chi connectivity index (χ3n) is 17.1. The Bertz CT molecular complexity index is 1770. The second kappa shape index (κ2) is 61.9. The van der Waals surface area contributed by atoms with Crippen LogP contribution >= 0.6 is 15.6 Å². The summed E-state index contributed by atoms with van der Waals surface area (Å²) in [6.45, 7) is 11.9. The predicted molar refractivity (Wildman–Crippen MR) is 363 cm³/mol. The summed E-state index contributed by atoms with van der Waals surface area (Å²) in [4.78, 5) is 72.5. The predicted octanol–water partition coefficient (Wildman–Crippen LogP) is 20.2. The molecule has 0 aliphatic rings. The number of ether oxygens (including phenoxy) is 4. The molecule has 0 saturated carbocycles. The molecule has 17 nitrogen and oxygen atoms in total. The third-order valence-corrected chi connectivity index (χ3v) is 19.0. The van der Waals surface area contributed by atoms with Gasteiger partial charge in [-0.2, -0.15) is 0 Å². The van der Waals surface area contributed by atoms with Gasteiger partial charge in [-0.25, -0.2) is 9.13 Å². The maximum Gasteiger partial charge on any atom is 0.472 e. The van der Waals surface area contributed by atoms with Crippen molar-refractivity contribution in [1.29, 1.82) is 0 Å². The van der Waals surface area contributed by atoms with Crippen LogP contribution in [0.3, 0.4) is 0 Å². The number of phosphoric acid groups is 2. The zero-order valence-electron chi connectivity index (χ0n) is 58.6. The smallest absolute Gasteiger partial charge is 0.462 e. The second-order valence-corrected chi connectivity index (χ2v) is 29.5. The fraction of sp³-hybridized carbons (Fsp3) is 0.944. The molecule has 0 aromatic rings. The summed E-state index contributed by atoms with van der Waals surface area (Å²) in [6, 6.07) is 0. The molecule has 0 radical (unpaired) electrons. The lowest BCUT2D eigenvalue weighted by molar-refractivity contribution is -0.161. The zero-order chi connectivity index (χ0) is 66.6. The maximum absolute atomic E-state index is 13.0. The Kier molecular flexibility index (Phi) is 60.6. The Balaban J connectivity index is 5.22. The molecule has 0 aliphatic heterocycles. The molecule has 3 N–H and O–H groups in total. The number of aliphatic hydroxyl groups excluding tert-OH is 1. The van der Waals surface area contributed by atoms with Gasteiger partial charge >= 0.3 is 39.5 Å². The van der Waals surface area contributed by atoms with Crippen LogP contribution in [0.25, 0.3) is 0 Å². The average Bonchev–Trinajstić information content (AvgIpc) is 3.36. The van der Waals surface area contributed by atoms with E-state index < -0.39 is 97.5 Å². The second-order valence-electron chi connectivity index (χ2n) is 26.6. The number of phosphoric ester groups is 2. The van der Waals surface area contributed by atoms with Gasteiger partial charge in [0.1, 0.15) is 19.3 Å². The van der Waals surface area contributed by atoms with Gasteiger partial charge in [0.05, 0.1) is 26.4 Å². The molecular formula is C71H138O17P2. The Morgan fingerprint density at radius 1 is 0.322 bits per heavy atom. The quantitative estimate of drug-likeness (QED) is 0.0222. The normalized spacial score (nSPS) is 14.8. The molecule has 0 heterocycles. The van der Waals surface area contributed by atoms with Gasteiger partial charge < -0.3 is 33.8 Å². The van der Waals surface area contributed by atoms with E-state index in [1.54, 1.807) is 0 Å². The Morgan fingerprint density at radius 2 is 0.567 bits per heavy atom. The van der Waals surface area contributed by atoms with E-state index in [0.717, 1.165) is 114 Å². The molecule has 90 heavy (non-hydrogen) atoms. The lowest BCUT2D eigenvalue weighted by Crippen LogP contribution is -2.30. The molecule has 534 valence electrons. The van der Waals surface area contributed by atoms with E-state index in [1.807, 2.05) is 0 Å². The fourth-order valence-electron chi connectivity index (χ4n) is 10.7. The van der Waals surface area contributed by atoms with Crippen molar-refractivity contribution in [3.8, 4) is 0 Å². The molecule has 4 unspecified atom stereocenters. The van der Waals surface area contributed by atoms with Crippen LogP contribution in [0.15, 0.2) is 0 Å². The number of rotatable bonds is 69. The number of hydrogen-bond donors (Lipinski definition) is 3. The van der Waals surface area contributed by atoms with Gasteiger partial charge in [-0.05, 0) is 43.4 Å². The van der Waals surface area contributed by atoms with Crippen LogP contribution in [0.1, 0.15) is 357 Å². The lowest BCUT2D eigenvalue weighted by atomic mass is 9.99. The van der Waals surface area contributed by atoms with E-state index in [9.17, 15) is 43.2 Å². The molecule has 0 rings (SSSR count). The van der Waals surface area contributed by atoms with Gasteiger partial charge in [-0.15, -0.1) is 0 Å². The van der Waals surface area contributed by atoms with Crippen LogP contribution in [-0.2, 0) is 65.4 Å². The molecule has 0 spiro atoms. The van der Waals surface area contributed by atoms with E-state index in [1.165, 1.54) is 161 Å². The molecule has 0 saturated heterocycles. The first-order valence-corrected chi connectivity index (χ1v) is 39.9. The number of esters is 4. The van der Waals surface area contributed by atoms with Crippen molar-refractivity contribution in [2.24, 2.45) is 17.8 Å². The maximum atomic E-state index is 13.0. The first-order chi connectivity index (χ1) is 43.3. The number of unbranched alkanes of at least 4 members (excludes halogenated alkanes) is 35. The summed E-state index contributed by atoms with van der Waals surface area (Å²) in [5, 5.41) is 10.6. The molecule has 7 atom stereocenters. The topological polar surface area (TPSA) is 237 Å². The number of hydrogen-bond acceptors (Lipinski definition) is 15. The van der Waals surface area contributed by atoms with E-state index in [2.05, 4.69) is 48.5 Å². The molecule has 0 amide bonds. The summed E-state index contributed by atoms with van der Waals surface area (Å²) in [6.07, 6.45) is 45.8. The van der Waals surface area contributed by atoms with E-state index >= 15 is 0 Å². The standard InChI is InChI=1S/C71H138O17P2/c1-8-11-12-13-14-31-38-45-52-68(73)81-58-66(88-71(76)55-48-41-34-27-26-30-37-44-51-64(7)10-3)60-85-89(77,78)83-56-65(72)57-84-90(79,80)86-61-67(59-82-69(74)53-46-39-32-25-21-22-28-35-42-49-62(4)5)87-70(75)54-47-40-33-24-20-18-16-15-17-19-23-29-36-43-50-63(6)9-2/h62-67,72H,8-61H2,1-7H3,(H,77,78)(H,79,80)/t63?,64?,65-,66+,67+/m0/s1. The highest BCUT2D eigenvalue weighted by Crippen LogP contribution is 2.45. The highest BCUT2D eigenvalue weighted by atomic mass is 31.2. The molecule has 0 aromatic carbocycles. The molecule has 0 bridgehead atoms. The van der Waals surface area contributed by atoms with Crippen molar-refractivity contribution in [3.63, 3.8) is 0 Å². The summed E-state index contributed by atoms with van der Waals surface area (Å²) < 4.78 is 68.3. The minimum atomic E-state index is -4.95. The van der Waals surface area contributed by atoms with Gasteiger partial charge in [0.25, 0.3) is 0 Å². The van der Waals surface area contributed by atoms with Crippen molar-refractivity contribution in [1.82, 2.24) is 0 Å². The summed E-state index contributed by atoms with van der Waals surface area (Å²) in [5.41, 5.74) is 0. The van der Waals surface area contributed by atoms with Crippen LogP contribution in [0, 0.1) is 17.8 Å². The molecule has 0 aliphatic carbocycles. The van der Waals surface area contributed by atoms with E-state index in [0.29, 0.717) is 25.7 Å². The average molecular weight is 1330 g/mol. The van der Waals surface area contributed by atoms with Crippen LogP contribution in [0.4, 0.5) is 0 Å². The Hall–Kier alpha value is -1.94. The van der Waals surface area contributed by atoms with E-state index in [4.69, 9.17) is 37.0 Å². The van der Waals surface area contributed by atoms with Crippen molar-refractivity contribution in [2.45, 2.75) is 375 Å². The first-order valence-electron chi connectivity index (χ1n) is 36.9. The number of aliphatic hydroxyl groups is 1. The van der Waals surface area contributed by atoms with Gasteiger partial charge in [0.2, 0.25) is 0 Å². The van der Waals surface area contributed by atoms with Gasteiger partial charge in [0.15, 0.2) is 12.2 Å². The molecule has 0 aromatic heterocycles. The van der Waals surface area contributed by atoms with Crippen molar-refractivity contribution in [2.75, 3.05) is 39.6 Å². The SMILES string of the molecule is CCCCCCCCCCC(=O)OC[C@H](COP(=O)(O)OC[C@H](O)COP(=O)(O)OC[C@@H](COC(=O)CCCCCCCCCCCC(C)C)OC(=O)CCCCCCCCCCCCCCCCC(C)CC)OC(=O)CCCCCCCCCCC(C)CC. The molecule has 0 fully saturated rings. The monoisotopic (exact) mass is 1320 g/mol. The summed E-state index contributed by atoms with van der Waals surface area (Å²) >= 11 is 0. The fourth-order valence-corrected chi connectivity index (χ4v) is 12.2. The Morgan fingerprint density at radius 3 is 0.844 bits per heavy atom. The van der Waals surface area contributed by atoms with Gasteiger partial charge in [0, 0.05) is 25.7 Å². The minimum absolute atomic E-state index is 0.105. The summed E-state index contributed by atoms with van der Waals surface area (Å²) in [5.74, 6) is 0.231. The van der Waals surface area contributed by atoms with Crippen molar-refractivity contribution < 1.29 is 80.2 Å². The number of carbonyl (C=O) groups is 4. The lowest BCUT2D eigenvalue weighted by Gasteiger charge is -2.21. The zero-order valence-corrected chi connectivity index (χ0v) is 60.4. The van der Waals surface area contributed by atoms with Crippen LogP contribution in [0.2, 0.25) is 0 Å². The highest BCUT2D eigenvalue weighted by molar-refractivity contribution is 7.47. The highest BCUT2D eigenvalue weighted by Gasteiger charge is 2.30. The summed E-state index contributed by atoms with van der Waals surface area (Å²) in [7, 11) is -9.90. The van der Waals surface area contributed by atoms with E-state index in [-0.39, 0.29) is 25.7 Å². The van der Waals surface area contributed by atoms with Crippen molar-refractivity contribution in [3.05, 3.63) is 0 Å². The van der Waals surface area contributed by atoms with Crippen LogP contribution in [0.5, 0.6) is 0 Å². The van der Waals surface area contributed by atoms with Crippen molar-refractivity contribution >= 4 is 39.5 Å². The largest absolute Gasteiger partial charge is 0.472 e. The Labute approximate surface area is 549 Å². The minimum Gasteiger partial charge on any atom is -0.462 e. The number of carbonyl (C=O) groups excluding carboxylic acids is 4. The van der Waals surface area contributed by atoms with Gasteiger partial charge in [-0.3, -0.25) is 37.3 Å². The van der Waals surface area contributed by atoms with Crippen LogP contribution < -0.4 is 0 Å².